The third kappa shape index (κ3) is 3.59. The number of halogens is 1. The summed E-state index contributed by atoms with van der Waals surface area (Å²) in [6.07, 6.45) is 0. The number of nitro benzene ring substituents is 1. The van der Waals surface area contributed by atoms with Gasteiger partial charge in [0.15, 0.2) is 0 Å². The third-order valence-corrected chi connectivity index (χ3v) is 2.65. The molecule has 6 heteroatoms. The van der Waals surface area contributed by atoms with E-state index >= 15 is 0 Å². The van der Waals surface area contributed by atoms with Gasteiger partial charge in [0.25, 0.3) is 5.69 Å². The number of nitrogen functional groups attached to an aromatic ring is 1. The highest BCUT2D eigenvalue weighted by Gasteiger charge is 2.09. The van der Waals surface area contributed by atoms with Crippen molar-refractivity contribution in [2.24, 2.45) is 0 Å². The SMILES string of the molecule is Nc1cc(OCc2cccc(Cl)c2)cc([N+](=O)[O-])c1. The van der Waals surface area contributed by atoms with Gasteiger partial charge in [-0.1, -0.05) is 23.7 Å². The zero-order valence-electron chi connectivity index (χ0n) is 9.88. The van der Waals surface area contributed by atoms with Crippen LogP contribution in [0.15, 0.2) is 42.5 Å². The van der Waals surface area contributed by atoms with Gasteiger partial charge in [-0.2, -0.15) is 0 Å². The number of nitrogens with zero attached hydrogens (tertiary/aromatic N) is 1. The van der Waals surface area contributed by atoms with Crippen molar-refractivity contribution in [3.63, 3.8) is 0 Å². The molecule has 0 aliphatic heterocycles. The third-order valence-electron chi connectivity index (χ3n) is 2.42. The Morgan fingerprint density at radius 2 is 2.05 bits per heavy atom. The van der Waals surface area contributed by atoms with Crippen molar-refractivity contribution >= 4 is 23.0 Å². The predicted molar refractivity (Wildman–Crippen MR) is 73.3 cm³/mol. The van der Waals surface area contributed by atoms with E-state index in [1.807, 2.05) is 12.1 Å². The molecule has 0 aliphatic carbocycles. The van der Waals surface area contributed by atoms with Crippen molar-refractivity contribution in [2.75, 3.05) is 5.73 Å². The summed E-state index contributed by atoms with van der Waals surface area (Å²) in [7, 11) is 0. The lowest BCUT2D eigenvalue weighted by molar-refractivity contribution is -0.384. The van der Waals surface area contributed by atoms with Gasteiger partial charge in [-0.05, 0) is 17.7 Å². The van der Waals surface area contributed by atoms with Crippen molar-refractivity contribution in [1.82, 2.24) is 0 Å². The smallest absolute Gasteiger partial charge is 0.275 e. The van der Waals surface area contributed by atoms with Crippen LogP contribution in [0.1, 0.15) is 5.56 Å². The van der Waals surface area contributed by atoms with Crippen LogP contribution in [0, 0.1) is 10.1 Å². The van der Waals surface area contributed by atoms with E-state index in [0.29, 0.717) is 10.8 Å². The first-order valence-corrected chi connectivity index (χ1v) is 5.84. The molecule has 0 heterocycles. The Bertz CT molecular complexity index is 617. The standard InChI is InChI=1S/C13H11ClN2O3/c14-10-3-1-2-9(4-10)8-19-13-6-11(15)5-12(7-13)16(17)18/h1-7H,8,15H2. The highest BCUT2D eigenvalue weighted by atomic mass is 35.5. The molecular weight excluding hydrogens is 268 g/mol. The summed E-state index contributed by atoms with van der Waals surface area (Å²) in [6.45, 7) is 0.265. The molecule has 0 bridgehead atoms. The van der Waals surface area contributed by atoms with E-state index in [1.54, 1.807) is 12.1 Å². The topological polar surface area (TPSA) is 78.4 Å². The van der Waals surface area contributed by atoms with Crippen molar-refractivity contribution in [3.05, 3.63) is 63.2 Å². The Kier molecular flexibility index (Phi) is 3.87. The lowest BCUT2D eigenvalue weighted by Gasteiger charge is -2.07. The minimum absolute atomic E-state index is 0.0962. The van der Waals surface area contributed by atoms with Crippen LogP contribution in [-0.2, 0) is 6.61 Å². The molecule has 0 aromatic heterocycles. The summed E-state index contributed by atoms with van der Waals surface area (Å²) in [5.41, 5.74) is 6.65. The summed E-state index contributed by atoms with van der Waals surface area (Å²) in [5, 5.41) is 11.3. The normalized spacial score (nSPS) is 10.2. The first-order valence-electron chi connectivity index (χ1n) is 5.47. The van der Waals surface area contributed by atoms with E-state index in [1.165, 1.54) is 18.2 Å². The van der Waals surface area contributed by atoms with Gasteiger partial charge in [0.2, 0.25) is 0 Å². The zero-order valence-corrected chi connectivity index (χ0v) is 10.6. The van der Waals surface area contributed by atoms with Crippen LogP contribution in [0.25, 0.3) is 0 Å². The maximum absolute atomic E-state index is 10.7. The summed E-state index contributed by atoms with van der Waals surface area (Å²) in [5.74, 6) is 0.353. The fraction of sp³-hybridized carbons (Fsp3) is 0.0769. The van der Waals surface area contributed by atoms with Crippen LogP contribution < -0.4 is 10.5 Å². The molecule has 2 rings (SSSR count). The van der Waals surface area contributed by atoms with Crippen LogP contribution in [0.4, 0.5) is 11.4 Å². The molecule has 0 atom stereocenters. The minimum atomic E-state index is -0.511. The number of benzene rings is 2. The molecule has 0 saturated carbocycles. The fourth-order valence-electron chi connectivity index (χ4n) is 1.59. The van der Waals surface area contributed by atoms with Gasteiger partial charge in [-0.25, -0.2) is 0 Å². The second kappa shape index (κ2) is 5.58. The summed E-state index contributed by atoms with van der Waals surface area (Å²) in [4.78, 5) is 10.2. The predicted octanol–water partition coefficient (Wildman–Crippen LogP) is 3.41. The number of hydrogen-bond donors (Lipinski definition) is 1. The molecule has 0 fully saturated rings. The molecule has 0 amide bonds. The van der Waals surface area contributed by atoms with Gasteiger partial charge in [0.05, 0.1) is 11.0 Å². The second-order valence-electron chi connectivity index (χ2n) is 3.94. The Balaban J connectivity index is 2.13. The average molecular weight is 279 g/mol. The number of nitro groups is 1. The molecule has 0 saturated heterocycles. The van der Waals surface area contributed by atoms with E-state index in [0.717, 1.165) is 5.56 Å². The van der Waals surface area contributed by atoms with Crippen molar-refractivity contribution in [3.8, 4) is 5.75 Å². The summed E-state index contributed by atoms with van der Waals surface area (Å²) in [6, 6.07) is 11.3. The number of hydrogen-bond acceptors (Lipinski definition) is 4. The fourth-order valence-corrected chi connectivity index (χ4v) is 1.80. The van der Waals surface area contributed by atoms with Gasteiger partial charge < -0.3 is 10.5 Å². The second-order valence-corrected chi connectivity index (χ2v) is 4.37. The van der Waals surface area contributed by atoms with Gasteiger partial charge in [0, 0.05) is 22.8 Å². The molecule has 19 heavy (non-hydrogen) atoms. The Labute approximate surface area is 114 Å². The summed E-state index contributed by atoms with van der Waals surface area (Å²) >= 11 is 5.85. The zero-order chi connectivity index (χ0) is 13.8. The Morgan fingerprint density at radius 3 is 2.74 bits per heavy atom. The molecule has 2 aromatic carbocycles. The monoisotopic (exact) mass is 278 g/mol. The van der Waals surface area contributed by atoms with Crippen LogP contribution >= 0.6 is 11.6 Å². The first-order chi connectivity index (χ1) is 9.04. The highest BCUT2D eigenvalue weighted by Crippen LogP contribution is 2.25. The first kappa shape index (κ1) is 13.2. The molecule has 2 N–H and O–H groups in total. The lowest BCUT2D eigenvalue weighted by Crippen LogP contribution is -1.98. The van der Waals surface area contributed by atoms with Crippen molar-refractivity contribution < 1.29 is 9.66 Å². The Hall–Kier alpha value is -2.27. The quantitative estimate of drug-likeness (QED) is 0.528. The van der Waals surface area contributed by atoms with Crippen molar-refractivity contribution in [2.45, 2.75) is 6.61 Å². The maximum atomic E-state index is 10.7. The minimum Gasteiger partial charge on any atom is -0.489 e. The number of ether oxygens (including phenoxy) is 1. The lowest BCUT2D eigenvalue weighted by atomic mass is 10.2. The number of non-ortho nitro benzene ring substituents is 1. The average Bonchev–Trinajstić information content (AvgIpc) is 2.36. The molecule has 0 radical (unpaired) electrons. The maximum Gasteiger partial charge on any atom is 0.275 e. The molecule has 0 aliphatic rings. The Morgan fingerprint density at radius 1 is 1.26 bits per heavy atom. The van der Waals surface area contributed by atoms with E-state index in [-0.39, 0.29) is 18.0 Å². The largest absolute Gasteiger partial charge is 0.489 e. The van der Waals surface area contributed by atoms with E-state index in [2.05, 4.69) is 0 Å². The van der Waals surface area contributed by atoms with E-state index in [9.17, 15) is 10.1 Å². The van der Waals surface area contributed by atoms with Crippen LogP contribution in [0.2, 0.25) is 5.02 Å². The number of nitrogens with two attached hydrogens (primary N) is 1. The van der Waals surface area contributed by atoms with E-state index < -0.39 is 4.92 Å². The van der Waals surface area contributed by atoms with Crippen molar-refractivity contribution in [1.29, 1.82) is 0 Å². The van der Waals surface area contributed by atoms with Crippen LogP contribution in [0.3, 0.4) is 0 Å². The molecule has 0 unspecified atom stereocenters. The number of anilines is 1. The van der Waals surface area contributed by atoms with Gasteiger partial charge in [0.1, 0.15) is 12.4 Å². The molecule has 2 aromatic rings. The highest BCUT2D eigenvalue weighted by molar-refractivity contribution is 6.30. The molecule has 5 nitrogen and oxygen atoms in total. The van der Waals surface area contributed by atoms with Gasteiger partial charge in [-0.15, -0.1) is 0 Å². The molecule has 98 valence electrons. The van der Waals surface area contributed by atoms with E-state index in [4.69, 9.17) is 22.1 Å². The molecular formula is C13H11ClN2O3. The van der Waals surface area contributed by atoms with Crippen LogP contribution in [-0.4, -0.2) is 4.92 Å². The van der Waals surface area contributed by atoms with Crippen LogP contribution in [0.5, 0.6) is 5.75 Å². The molecule has 0 spiro atoms. The number of rotatable bonds is 4. The van der Waals surface area contributed by atoms with Gasteiger partial charge in [-0.3, -0.25) is 10.1 Å². The van der Waals surface area contributed by atoms with Gasteiger partial charge >= 0.3 is 0 Å². The summed E-state index contributed by atoms with van der Waals surface area (Å²) < 4.78 is 5.48.